The van der Waals surface area contributed by atoms with Crippen LogP contribution in [0.15, 0.2) is 23.8 Å². The predicted octanol–water partition coefficient (Wildman–Crippen LogP) is -0.883. The van der Waals surface area contributed by atoms with Gasteiger partial charge in [-0.15, -0.1) is 0 Å². The normalized spacial score (nSPS) is 35.2. The van der Waals surface area contributed by atoms with Gasteiger partial charge in [-0.1, -0.05) is 6.92 Å². The third-order valence-electron chi connectivity index (χ3n) is 7.85. The Balaban J connectivity index is 1.16. The first-order chi connectivity index (χ1) is 20.6. The number of aliphatic hydroxyl groups is 2. The van der Waals surface area contributed by atoms with Gasteiger partial charge in [0, 0.05) is 5.92 Å². The summed E-state index contributed by atoms with van der Waals surface area (Å²) in [7, 11) is -4.88. The van der Waals surface area contributed by atoms with E-state index in [1.54, 1.807) is 4.57 Å². The van der Waals surface area contributed by atoms with Crippen LogP contribution in [0.2, 0.25) is 0 Å². The van der Waals surface area contributed by atoms with Gasteiger partial charge in [-0.05, 0) is 12.8 Å². The van der Waals surface area contributed by atoms with Gasteiger partial charge < -0.3 is 35.1 Å². The van der Waals surface area contributed by atoms with Gasteiger partial charge >= 0.3 is 7.82 Å². The number of ether oxygens (including phenoxy) is 3. The molecule has 3 aliphatic heterocycles. The minimum absolute atomic E-state index is 0.00533. The standard InChI is InChI=1S/C23H28N9O10P/c1-2-10-12-17(26-6-25-10)31(7-27-12)20-14(33)9-3-4-38-22-15(34)16(42-43(36,37)39-5-11(9)40-20)21(41-22)32-8-28-13-18(32)29-23(24)30-19(13)35/h6-9,11,14-16,20-22,33-34H,2-5H2,1H3,(H,36,37)(H3,24,29,30,35)/t9-,11-,14-,15+,16-,20-,21-,22?/m1/s1. The topological polar surface area (TPSA) is 257 Å². The monoisotopic (exact) mass is 621 g/mol. The van der Waals surface area contributed by atoms with Crippen LogP contribution in [0, 0.1) is 5.92 Å². The maximum atomic E-state index is 13.2. The van der Waals surface area contributed by atoms with Crippen molar-refractivity contribution in [3.8, 4) is 0 Å². The Morgan fingerprint density at radius 1 is 1.07 bits per heavy atom. The molecule has 0 aliphatic carbocycles. The van der Waals surface area contributed by atoms with Crippen LogP contribution in [0.3, 0.4) is 0 Å². The van der Waals surface area contributed by atoms with Crippen molar-refractivity contribution in [1.29, 1.82) is 0 Å². The van der Waals surface area contributed by atoms with Gasteiger partial charge in [0.1, 0.15) is 30.2 Å². The summed E-state index contributed by atoms with van der Waals surface area (Å²) in [6, 6.07) is 0. The lowest BCUT2D eigenvalue weighted by molar-refractivity contribution is -0.178. The van der Waals surface area contributed by atoms with Crippen molar-refractivity contribution >= 4 is 36.1 Å². The molecule has 0 amide bonds. The number of anilines is 1. The number of hydrogen-bond acceptors (Lipinski definition) is 15. The van der Waals surface area contributed by atoms with Crippen LogP contribution in [0.4, 0.5) is 5.95 Å². The molecule has 6 N–H and O–H groups in total. The van der Waals surface area contributed by atoms with E-state index in [2.05, 4.69) is 29.9 Å². The minimum Gasteiger partial charge on any atom is -0.388 e. The molecule has 7 rings (SSSR count). The highest BCUT2D eigenvalue weighted by atomic mass is 31.2. The average Bonchev–Trinajstić information content (AvgIpc) is 3.73. The number of nitrogen functional groups attached to an aromatic ring is 1. The van der Waals surface area contributed by atoms with Crippen molar-refractivity contribution in [2.75, 3.05) is 18.9 Å². The molecule has 7 heterocycles. The van der Waals surface area contributed by atoms with E-state index >= 15 is 0 Å². The molecular formula is C23H28N9O10P. The fourth-order valence-electron chi connectivity index (χ4n) is 5.78. The summed E-state index contributed by atoms with van der Waals surface area (Å²) in [5.74, 6) is -0.827. The first kappa shape index (κ1) is 28.4. The molecule has 19 nitrogen and oxygen atoms in total. The number of H-pyrrole nitrogens is 1. The highest BCUT2D eigenvalue weighted by Gasteiger charge is 2.52. The van der Waals surface area contributed by atoms with E-state index in [9.17, 15) is 24.5 Å². The van der Waals surface area contributed by atoms with Crippen molar-refractivity contribution in [3.63, 3.8) is 0 Å². The van der Waals surface area contributed by atoms with Crippen molar-refractivity contribution in [2.24, 2.45) is 5.92 Å². The van der Waals surface area contributed by atoms with Crippen molar-refractivity contribution in [3.05, 3.63) is 35.0 Å². The molecule has 3 saturated heterocycles. The summed E-state index contributed by atoms with van der Waals surface area (Å²) in [6.45, 7) is 1.50. The number of fused-ring (bicyclic) bond motifs is 5. The zero-order valence-electron chi connectivity index (χ0n) is 22.5. The second-order valence-corrected chi connectivity index (χ2v) is 11.8. The Labute approximate surface area is 241 Å². The molecule has 20 heteroatoms. The van der Waals surface area contributed by atoms with Crippen molar-refractivity contribution in [2.45, 2.75) is 62.9 Å². The van der Waals surface area contributed by atoms with Gasteiger partial charge in [-0.25, -0.2) is 24.5 Å². The highest BCUT2D eigenvalue weighted by Crippen LogP contribution is 2.51. The maximum Gasteiger partial charge on any atom is 0.472 e. The van der Waals surface area contributed by atoms with Crippen molar-refractivity contribution in [1.82, 2.24) is 39.0 Å². The Hall–Kier alpha value is -3.39. The van der Waals surface area contributed by atoms with E-state index in [0.29, 0.717) is 17.6 Å². The largest absolute Gasteiger partial charge is 0.472 e. The lowest BCUT2D eigenvalue weighted by Crippen LogP contribution is -2.37. The minimum atomic E-state index is -4.88. The molecule has 4 aromatic heterocycles. The first-order valence-electron chi connectivity index (χ1n) is 13.5. The Bertz CT molecular complexity index is 1780. The molecular weight excluding hydrogens is 593 g/mol. The molecule has 9 atom stereocenters. The van der Waals surface area contributed by atoms with Crippen molar-refractivity contribution < 1.29 is 42.9 Å². The molecule has 3 fully saturated rings. The van der Waals surface area contributed by atoms with Crippen LogP contribution in [0.25, 0.3) is 22.3 Å². The fourth-order valence-corrected chi connectivity index (χ4v) is 6.72. The van der Waals surface area contributed by atoms with Gasteiger partial charge in [0.25, 0.3) is 5.56 Å². The number of phosphoric acid groups is 1. The lowest BCUT2D eigenvalue weighted by atomic mass is 9.95. The molecule has 4 aromatic rings. The number of nitrogens with two attached hydrogens (primary N) is 1. The van der Waals surface area contributed by atoms with E-state index in [-0.39, 0.29) is 30.1 Å². The van der Waals surface area contributed by atoms with Gasteiger partial charge in [-0.2, -0.15) is 4.98 Å². The van der Waals surface area contributed by atoms with Crippen LogP contribution in [0.1, 0.15) is 31.5 Å². The Morgan fingerprint density at radius 2 is 1.84 bits per heavy atom. The number of aliphatic hydroxyl groups excluding tert-OH is 2. The molecule has 0 saturated carbocycles. The van der Waals surface area contributed by atoms with E-state index in [0.717, 1.165) is 5.69 Å². The number of aryl methyl sites for hydroxylation is 1. The van der Waals surface area contributed by atoms with Gasteiger partial charge in [0.05, 0.1) is 37.7 Å². The second-order valence-electron chi connectivity index (χ2n) is 10.4. The number of phosphoric ester groups is 1. The van der Waals surface area contributed by atoms with E-state index in [4.69, 9.17) is 29.0 Å². The second kappa shape index (κ2) is 10.7. The molecule has 0 aromatic carbocycles. The zero-order valence-corrected chi connectivity index (χ0v) is 23.4. The molecule has 0 radical (unpaired) electrons. The number of rotatable bonds is 3. The van der Waals surface area contributed by atoms with Crippen LogP contribution in [-0.2, 0) is 34.2 Å². The number of nitrogens with one attached hydrogen (secondary N) is 1. The molecule has 43 heavy (non-hydrogen) atoms. The molecule has 2 bridgehead atoms. The molecule has 3 aliphatic rings. The summed E-state index contributed by atoms with van der Waals surface area (Å²) in [6.07, 6.45) is -3.68. The third-order valence-corrected chi connectivity index (χ3v) is 8.84. The predicted molar refractivity (Wildman–Crippen MR) is 142 cm³/mol. The van der Waals surface area contributed by atoms with Gasteiger partial charge in [0.2, 0.25) is 5.95 Å². The summed E-state index contributed by atoms with van der Waals surface area (Å²) in [4.78, 5) is 46.3. The van der Waals surface area contributed by atoms with Crippen LogP contribution >= 0.6 is 7.82 Å². The SMILES string of the molecule is CCc1ncnc2c1ncn2[C@@H]1O[C@@H]2COP(=O)(O)O[C@@H]3[C@H](O)C(OCC[C@H]2[C@H]1O)O[C@H]3n1cnc2c(=O)[nH]c(N)nc21. The average molecular weight is 622 g/mol. The summed E-state index contributed by atoms with van der Waals surface area (Å²) >= 11 is 0. The Kier molecular flexibility index (Phi) is 7.03. The van der Waals surface area contributed by atoms with E-state index in [1.165, 1.54) is 23.5 Å². The van der Waals surface area contributed by atoms with E-state index in [1.807, 2.05) is 6.92 Å². The Morgan fingerprint density at radius 3 is 2.63 bits per heavy atom. The van der Waals surface area contributed by atoms with Crippen LogP contribution in [0.5, 0.6) is 0 Å². The van der Waals surface area contributed by atoms with Crippen LogP contribution < -0.4 is 11.3 Å². The lowest BCUT2D eigenvalue weighted by Gasteiger charge is -2.26. The third kappa shape index (κ3) is 4.82. The van der Waals surface area contributed by atoms with Gasteiger partial charge in [0.15, 0.2) is 35.6 Å². The fraction of sp³-hybridized carbons (Fsp3) is 0.565. The van der Waals surface area contributed by atoms with E-state index < -0.39 is 69.1 Å². The summed E-state index contributed by atoms with van der Waals surface area (Å²) < 4.78 is 44.6. The first-order valence-corrected chi connectivity index (χ1v) is 15.0. The maximum absolute atomic E-state index is 13.2. The van der Waals surface area contributed by atoms with Crippen LogP contribution in [-0.4, -0.2) is 98.1 Å². The summed E-state index contributed by atoms with van der Waals surface area (Å²) in [5, 5.41) is 22.4. The number of hydrogen-bond donors (Lipinski definition) is 5. The molecule has 230 valence electrons. The molecule has 2 unspecified atom stereocenters. The quantitative estimate of drug-likeness (QED) is 0.174. The zero-order chi connectivity index (χ0) is 30.0. The smallest absolute Gasteiger partial charge is 0.388 e. The number of imidazole rings is 2. The summed E-state index contributed by atoms with van der Waals surface area (Å²) in [5.41, 5.74) is 6.77. The number of aromatic amines is 1. The molecule has 0 spiro atoms. The van der Waals surface area contributed by atoms with Gasteiger partial charge in [-0.3, -0.25) is 28.0 Å². The highest BCUT2D eigenvalue weighted by molar-refractivity contribution is 7.47. The number of aromatic nitrogens is 8. The number of nitrogens with zero attached hydrogens (tertiary/aromatic N) is 7.